The Hall–Kier alpha value is -1.17. The number of nitrogens with one attached hydrogen (secondary N) is 1. The summed E-state index contributed by atoms with van der Waals surface area (Å²) in [7, 11) is 1.38. The van der Waals surface area contributed by atoms with Crippen LogP contribution in [0.5, 0.6) is 0 Å². The quantitative estimate of drug-likeness (QED) is 0.823. The average Bonchev–Trinajstić information content (AvgIpc) is 2.26. The Labute approximate surface area is 102 Å². The standard InChI is InChI=1S/C12H14F5N/c1-8(18-2)11(13,14)7-9-4-3-5-10(6-9)12(15,16)17/h3-6,8,18H,7H2,1-2H3. The zero-order valence-electron chi connectivity index (χ0n) is 9.98. The lowest BCUT2D eigenvalue weighted by Crippen LogP contribution is -2.42. The molecule has 6 heteroatoms. The molecule has 0 saturated carbocycles. The van der Waals surface area contributed by atoms with E-state index in [1.165, 1.54) is 20.0 Å². The molecule has 102 valence electrons. The van der Waals surface area contributed by atoms with Crippen LogP contribution in [0.1, 0.15) is 18.1 Å². The van der Waals surface area contributed by atoms with Crippen LogP contribution in [-0.4, -0.2) is 19.0 Å². The molecule has 0 saturated heterocycles. The normalized spacial score (nSPS) is 14.6. The van der Waals surface area contributed by atoms with Crippen molar-refractivity contribution in [1.82, 2.24) is 5.32 Å². The minimum absolute atomic E-state index is 0.0306. The third kappa shape index (κ3) is 3.66. The van der Waals surface area contributed by atoms with Gasteiger partial charge < -0.3 is 5.32 Å². The first-order valence-corrected chi connectivity index (χ1v) is 5.38. The number of halogens is 5. The van der Waals surface area contributed by atoms with Crippen molar-refractivity contribution in [2.24, 2.45) is 0 Å². The molecular formula is C12H14F5N. The van der Waals surface area contributed by atoms with Crippen LogP contribution < -0.4 is 5.32 Å². The summed E-state index contributed by atoms with van der Waals surface area (Å²) in [6.07, 6.45) is -5.24. The van der Waals surface area contributed by atoms with Crippen molar-refractivity contribution in [3.05, 3.63) is 35.4 Å². The van der Waals surface area contributed by atoms with Gasteiger partial charge in [-0.2, -0.15) is 13.2 Å². The predicted molar refractivity (Wildman–Crippen MR) is 58.6 cm³/mol. The average molecular weight is 267 g/mol. The maximum Gasteiger partial charge on any atom is 0.416 e. The SMILES string of the molecule is CNC(C)C(F)(F)Cc1cccc(C(F)(F)F)c1. The molecule has 0 fully saturated rings. The molecule has 1 aromatic rings. The van der Waals surface area contributed by atoms with Gasteiger partial charge in [-0.3, -0.25) is 0 Å². The molecular weight excluding hydrogens is 253 g/mol. The molecule has 0 radical (unpaired) electrons. The lowest BCUT2D eigenvalue weighted by Gasteiger charge is -2.23. The highest BCUT2D eigenvalue weighted by molar-refractivity contribution is 5.26. The van der Waals surface area contributed by atoms with E-state index in [0.29, 0.717) is 0 Å². The van der Waals surface area contributed by atoms with Crippen LogP contribution in [0.15, 0.2) is 24.3 Å². The highest BCUT2D eigenvalue weighted by atomic mass is 19.4. The van der Waals surface area contributed by atoms with E-state index in [4.69, 9.17) is 0 Å². The molecule has 0 aliphatic rings. The highest BCUT2D eigenvalue weighted by Gasteiger charge is 2.36. The van der Waals surface area contributed by atoms with Crippen molar-refractivity contribution < 1.29 is 22.0 Å². The molecule has 1 atom stereocenters. The first kappa shape index (κ1) is 14.9. The van der Waals surface area contributed by atoms with E-state index in [9.17, 15) is 22.0 Å². The zero-order chi connectivity index (χ0) is 14.0. The van der Waals surface area contributed by atoms with E-state index < -0.39 is 30.1 Å². The fourth-order valence-electron chi connectivity index (χ4n) is 1.49. The van der Waals surface area contributed by atoms with Crippen molar-refractivity contribution in [3.8, 4) is 0 Å². The minimum atomic E-state index is -4.51. The maximum absolute atomic E-state index is 13.6. The number of rotatable bonds is 4. The van der Waals surface area contributed by atoms with E-state index in [-0.39, 0.29) is 5.56 Å². The summed E-state index contributed by atoms with van der Waals surface area (Å²) in [6.45, 7) is 1.29. The summed E-state index contributed by atoms with van der Waals surface area (Å²) in [4.78, 5) is 0. The van der Waals surface area contributed by atoms with Crippen LogP contribution in [0.2, 0.25) is 0 Å². The Kier molecular flexibility index (Phi) is 4.32. The summed E-state index contributed by atoms with van der Waals surface area (Å²) in [5.41, 5.74) is -0.940. The van der Waals surface area contributed by atoms with Crippen LogP contribution >= 0.6 is 0 Å². The summed E-state index contributed by atoms with van der Waals surface area (Å²) < 4.78 is 64.5. The van der Waals surface area contributed by atoms with Gasteiger partial charge in [-0.25, -0.2) is 8.78 Å². The van der Waals surface area contributed by atoms with E-state index in [2.05, 4.69) is 5.32 Å². The monoisotopic (exact) mass is 267 g/mol. The number of alkyl halides is 5. The second-order valence-electron chi connectivity index (χ2n) is 4.15. The fourth-order valence-corrected chi connectivity index (χ4v) is 1.49. The number of hydrogen-bond donors (Lipinski definition) is 1. The summed E-state index contributed by atoms with van der Waals surface area (Å²) in [5.74, 6) is -3.10. The Morgan fingerprint density at radius 3 is 2.28 bits per heavy atom. The second-order valence-corrected chi connectivity index (χ2v) is 4.15. The van der Waals surface area contributed by atoms with Crippen molar-refractivity contribution in [2.45, 2.75) is 31.5 Å². The summed E-state index contributed by atoms with van der Waals surface area (Å²) >= 11 is 0. The molecule has 1 N–H and O–H groups in total. The second kappa shape index (κ2) is 5.22. The first-order valence-electron chi connectivity index (χ1n) is 5.38. The van der Waals surface area contributed by atoms with Gasteiger partial charge in [0, 0.05) is 6.42 Å². The largest absolute Gasteiger partial charge is 0.416 e. The molecule has 0 amide bonds. The maximum atomic E-state index is 13.6. The third-order valence-corrected chi connectivity index (χ3v) is 2.76. The third-order valence-electron chi connectivity index (χ3n) is 2.76. The Morgan fingerprint density at radius 1 is 1.17 bits per heavy atom. The lowest BCUT2D eigenvalue weighted by molar-refractivity contribution is -0.137. The Morgan fingerprint density at radius 2 is 1.78 bits per heavy atom. The van der Waals surface area contributed by atoms with Crippen molar-refractivity contribution in [1.29, 1.82) is 0 Å². The van der Waals surface area contributed by atoms with E-state index >= 15 is 0 Å². The summed E-state index contributed by atoms with van der Waals surface area (Å²) in [5, 5.41) is 2.40. The molecule has 0 aliphatic heterocycles. The number of hydrogen-bond acceptors (Lipinski definition) is 1. The highest BCUT2D eigenvalue weighted by Crippen LogP contribution is 2.31. The molecule has 0 heterocycles. The minimum Gasteiger partial charge on any atom is -0.312 e. The Balaban J connectivity index is 2.92. The fraction of sp³-hybridized carbons (Fsp3) is 0.500. The molecule has 18 heavy (non-hydrogen) atoms. The van der Waals surface area contributed by atoms with E-state index in [1.54, 1.807) is 0 Å². The topological polar surface area (TPSA) is 12.0 Å². The van der Waals surface area contributed by atoms with Gasteiger partial charge in [-0.15, -0.1) is 0 Å². The molecule has 1 aromatic carbocycles. The lowest BCUT2D eigenvalue weighted by atomic mass is 10.0. The van der Waals surface area contributed by atoms with Crippen LogP contribution in [0, 0.1) is 0 Å². The predicted octanol–water partition coefficient (Wildman–Crippen LogP) is 3.49. The van der Waals surface area contributed by atoms with Gasteiger partial charge >= 0.3 is 6.18 Å². The zero-order valence-corrected chi connectivity index (χ0v) is 9.98. The van der Waals surface area contributed by atoms with Gasteiger partial charge in [0.15, 0.2) is 0 Å². The molecule has 0 bridgehead atoms. The van der Waals surface area contributed by atoms with Gasteiger partial charge in [-0.05, 0) is 25.6 Å². The molecule has 1 rings (SSSR count). The van der Waals surface area contributed by atoms with Crippen molar-refractivity contribution >= 4 is 0 Å². The van der Waals surface area contributed by atoms with E-state index in [0.717, 1.165) is 18.2 Å². The molecule has 0 aliphatic carbocycles. The molecule has 1 unspecified atom stereocenters. The smallest absolute Gasteiger partial charge is 0.312 e. The molecule has 1 nitrogen and oxygen atoms in total. The van der Waals surface area contributed by atoms with Crippen LogP contribution in [0.25, 0.3) is 0 Å². The number of benzene rings is 1. The van der Waals surface area contributed by atoms with Crippen LogP contribution in [0.4, 0.5) is 22.0 Å². The molecule has 0 spiro atoms. The van der Waals surface area contributed by atoms with Gasteiger partial charge in [0.1, 0.15) is 0 Å². The van der Waals surface area contributed by atoms with E-state index in [1.807, 2.05) is 0 Å². The van der Waals surface area contributed by atoms with Gasteiger partial charge in [0.2, 0.25) is 0 Å². The van der Waals surface area contributed by atoms with Gasteiger partial charge in [0.25, 0.3) is 5.92 Å². The van der Waals surface area contributed by atoms with Crippen molar-refractivity contribution in [3.63, 3.8) is 0 Å². The van der Waals surface area contributed by atoms with Crippen LogP contribution in [-0.2, 0) is 12.6 Å². The van der Waals surface area contributed by atoms with Gasteiger partial charge in [-0.1, -0.05) is 18.2 Å². The van der Waals surface area contributed by atoms with Gasteiger partial charge in [0.05, 0.1) is 11.6 Å². The van der Waals surface area contributed by atoms with Crippen molar-refractivity contribution in [2.75, 3.05) is 7.05 Å². The summed E-state index contributed by atoms with van der Waals surface area (Å²) in [6, 6.07) is 2.93. The van der Waals surface area contributed by atoms with Crippen LogP contribution in [0.3, 0.4) is 0 Å². The molecule has 0 aromatic heterocycles. The Bertz CT molecular complexity index is 400. The first-order chi connectivity index (χ1) is 8.16.